The summed E-state index contributed by atoms with van der Waals surface area (Å²) in [7, 11) is 0. The third-order valence-electron chi connectivity index (χ3n) is 3.99. The van der Waals surface area contributed by atoms with Gasteiger partial charge in [-0.25, -0.2) is 4.39 Å². The van der Waals surface area contributed by atoms with Gasteiger partial charge in [-0.1, -0.05) is 12.1 Å². The second-order valence-electron chi connectivity index (χ2n) is 5.62. The average molecular weight is 322 g/mol. The molecule has 2 aromatic rings. The van der Waals surface area contributed by atoms with Crippen molar-refractivity contribution in [2.75, 3.05) is 13.1 Å². The fraction of sp³-hybridized carbons (Fsp3) is 0.500. The summed E-state index contributed by atoms with van der Waals surface area (Å²) >= 11 is 5.19. The van der Waals surface area contributed by atoms with Gasteiger partial charge in [-0.05, 0) is 43.6 Å². The Labute approximate surface area is 134 Å². The van der Waals surface area contributed by atoms with Gasteiger partial charge in [0, 0.05) is 36.9 Å². The quantitative estimate of drug-likeness (QED) is 0.789. The van der Waals surface area contributed by atoms with Gasteiger partial charge < -0.3 is 9.36 Å². The van der Waals surface area contributed by atoms with Gasteiger partial charge in [-0.2, -0.15) is 0 Å². The van der Waals surface area contributed by atoms with Crippen LogP contribution in [0.2, 0.25) is 0 Å². The van der Waals surface area contributed by atoms with E-state index in [1.807, 2.05) is 5.06 Å². The molecule has 0 spiro atoms. The minimum Gasteiger partial charge on any atom is -0.399 e. The molecule has 0 radical (unpaired) electrons. The molecule has 0 unspecified atom stereocenters. The summed E-state index contributed by atoms with van der Waals surface area (Å²) in [6, 6.07) is 4.58. The molecule has 0 aliphatic carbocycles. The van der Waals surface area contributed by atoms with Crippen LogP contribution in [0, 0.1) is 5.82 Å². The number of nitrogens with zero attached hydrogens (tertiary/aromatic N) is 2. The van der Waals surface area contributed by atoms with Gasteiger partial charge in [0.15, 0.2) is 10.6 Å². The van der Waals surface area contributed by atoms with Crippen LogP contribution in [0.25, 0.3) is 11.0 Å². The lowest BCUT2D eigenvalue weighted by molar-refractivity contribution is -0.0886. The van der Waals surface area contributed by atoms with Gasteiger partial charge in [0.25, 0.3) is 0 Å². The number of thiocarbonyl (C=S) groups is 1. The molecule has 1 aliphatic rings. The molecule has 0 N–H and O–H groups in total. The molecule has 1 aromatic heterocycles. The Balaban J connectivity index is 1.64. The number of benzene rings is 1. The zero-order chi connectivity index (χ0) is 15.5. The highest BCUT2D eigenvalue weighted by molar-refractivity contribution is 7.80. The van der Waals surface area contributed by atoms with Crippen molar-refractivity contribution in [1.29, 1.82) is 0 Å². The van der Waals surface area contributed by atoms with Gasteiger partial charge in [-0.15, -0.1) is 5.06 Å². The second kappa shape index (κ2) is 6.71. The normalized spacial score (nSPS) is 17.0. The number of fused-ring (bicyclic) bond motifs is 1. The first-order valence-electron chi connectivity index (χ1n) is 7.68. The highest BCUT2D eigenvalue weighted by Crippen LogP contribution is 2.32. The molecule has 0 atom stereocenters. The van der Waals surface area contributed by atoms with E-state index in [9.17, 15) is 4.39 Å². The van der Waals surface area contributed by atoms with Crippen LogP contribution in [0.4, 0.5) is 4.39 Å². The fourth-order valence-electron chi connectivity index (χ4n) is 2.84. The fourth-order valence-corrected chi connectivity index (χ4v) is 3.15. The predicted molar refractivity (Wildman–Crippen MR) is 86.1 cm³/mol. The van der Waals surface area contributed by atoms with Crippen molar-refractivity contribution in [3.63, 3.8) is 0 Å². The van der Waals surface area contributed by atoms with Crippen molar-refractivity contribution in [2.24, 2.45) is 0 Å². The highest BCUT2D eigenvalue weighted by atomic mass is 32.1. The number of rotatable bonds is 4. The Hall–Kier alpha value is -1.53. The Bertz CT molecular complexity index is 665. The van der Waals surface area contributed by atoms with E-state index in [-0.39, 0.29) is 5.82 Å². The van der Waals surface area contributed by atoms with Crippen molar-refractivity contribution in [3.8, 4) is 0 Å². The van der Waals surface area contributed by atoms with Crippen molar-refractivity contribution in [2.45, 2.75) is 38.5 Å². The molecule has 6 heteroatoms. The van der Waals surface area contributed by atoms with E-state index in [1.54, 1.807) is 6.07 Å². The van der Waals surface area contributed by atoms with Gasteiger partial charge in [0.2, 0.25) is 0 Å². The number of hydroxylamine groups is 2. The molecule has 3 rings (SSSR count). The van der Waals surface area contributed by atoms with E-state index in [0.29, 0.717) is 16.6 Å². The molecule has 1 saturated heterocycles. The molecule has 1 fully saturated rings. The van der Waals surface area contributed by atoms with E-state index in [4.69, 9.17) is 21.6 Å². The molecule has 1 aliphatic heterocycles. The van der Waals surface area contributed by atoms with Crippen LogP contribution in [0.15, 0.2) is 22.7 Å². The number of piperidine rings is 1. The third-order valence-corrected chi connectivity index (χ3v) is 4.27. The predicted octanol–water partition coefficient (Wildman–Crippen LogP) is 4.21. The average Bonchev–Trinajstić information content (AvgIpc) is 2.91. The van der Waals surface area contributed by atoms with Gasteiger partial charge in [0.1, 0.15) is 5.82 Å². The van der Waals surface area contributed by atoms with Crippen LogP contribution in [0.5, 0.6) is 0 Å². The van der Waals surface area contributed by atoms with Gasteiger partial charge >= 0.3 is 0 Å². The number of aromatic nitrogens is 1. The van der Waals surface area contributed by atoms with E-state index in [1.165, 1.54) is 12.1 Å². The van der Waals surface area contributed by atoms with Gasteiger partial charge in [-0.3, -0.25) is 0 Å². The topological polar surface area (TPSA) is 38.5 Å². The molecular formula is C16H19FN2O2S. The lowest BCUT2D eigenvalue weighted by atomic mass is 9.92. The smallest absolute Gasteiger partial charge is 0.187 e. The molecule has 0 bridgehead atoms. The Morgan fingerprint density at radius 3 is 2.95 bits per heavy atom. The number of halogens is 1. The Morgan fingerprint density at radius 1 is 1.45 bits per heavy atom. The zero-order valence-corrected chi connectivity index (χ0v) is 13.4. The molecule has 22 heavy (non-hydrogen) atoms. The molecule has 1 aromatic carbocycles. The summed E-state index contributed by atoms with van der Waals surface area (Å²) in [5, 5.41) is 7.64. The minimum absolute atomic E-state index is 0.303. The van der Waals surface area contributed by atoms with Crippen molar-refractivity contribution in [3.05, 3.63) is 29.7 Å². The van der Waals surface area contributed by atoms with Crippen LogP contribution in [-0.2, 0) is 4.84 Å². The van der Waals surface area contributed by atoms with Crippen LogP contribution >= 0.6 is 12.2 Å². The number of hydrogen-bond donors (Lipinski definition) is 0. The SMILES string of the molecule is CCCC(=S)ON1CCC(c2noc3cc(F)ccc23)CC1. The molecule has 2 heterocycles. The molecule has 118 valence electrons. The molecular weight excluding hydrogens is 303 g/mol. The maximum Gasteiger partial charge on any atom is 0.187 e. The van der Waals surface area contributed by atoms with Crippen molar-refractivity contribution >= 4 is 28.2 Å². The third kappa shape index (κ3) is 3.28. The maximum absolute atomic E-state index is 13.2. The van der Waals surface area contributed by atoms with E-state index in [0.717, 1.165) is 49.9 Å². The summed E-state index contributed by atoms with van der Waals surface area (Å²) in [5.41, 5.74) is 1.43. The summed E-state index contributed by atoms with van der Waals surface area (Å²) < 4.78 is 18.5. The second-order valence-corrected chi connectivity index (χ2v) is 6.08. The number of hydrogen-bond acceptors (Lipinski definition) is 5. The summed E-state index contributed by atoms with van der Waals surface area (Å²) in [6.45, 7) is 3.70. The molecule has 0 saturated carbocycles. The summed E-state index contributed by atoms with van der Waals surface area (Å²) in [4.78, 5) is 5.67. The van der Waals surface area contributed by atoms with Gasteiger partial charge in [0.05, 0.1) is 5.69 Å². The van der Waals surface area contributed by atoms with E-state index >= 15 is 0 Å². The first kappa shape index (κ1) is 15.4. The van der Waals surface area contributed by atoms with E-state index in [2.05, 4.69) is 12.1 Å². The minimum atomic E-state index is -0.303. The highest BCUT2D eigenvalue weighted by Gasteiger charge is 2.26. The van der Waals surface area contributed by atoms with Crippen molar-refractivity contribution in [1.82, 2.24) is 10.2 Å². The van der Waals surface area contributed by atoms with Crippen LogP contribution in [0.3, 0.4) is 0 Å². The Kier molecular flexibility index (Phi) is 4.69. The molecule has 0 amide bonds. The van der Waals surface area contributed by atoms with Crippen LogP contribution in [-0.4, -0.2) is 28.4 Å². The monoisotopic (exact) mass is 322 g/mol. The maximum atomic E-state index is 13.2. The lowest BCUT2D eigenvalue weighted by Crippen LogP contribution is -2.34. The van der Waals surface area contributed by atoms with Crippen molar-refractivity contribution < 1.29 is 13.8 Å². The molecule has 4 nitrogen and oxygen atoms in total. The van der Waals surface area contributed by atoms with Crippen LogP contribution < -0.4 is 0 Å². The largest absolute Gasteiger partial charge is 0.399 e. The standard InChI is InChI=1S/C16H19FN2O2S/c1-2-3-15(22)21-19-8-6-11(7-9-19)16-13-5-4-12(17)10-14(13)20-18-16/h4-5,10-11H,2-3,6-9H2,1H3. The van der Waals surface area contributed by atoms with Crippen LogP contribution in [0.1, 0.15) is 44.2 Å². The summed E-state index contributed by atoms with van der Waals surface area (Å²) in [6.07, 6.45) is 3.66. The van der Waals surface area contributed by atoms with E-state index < -0.39 is 0 Å². The summed E-state index contributed by atoms with van der Waals surface area (Å²) in [5.74, 6) is 0.00848. The zero-order valence-electron chi connectivity index (χ0n) is 12.5. The first-order chi connectivity index (χ1) is 10.7. The Morgan fingerprint density at radius 2 is 2.23 bits per heavy atom. The first-order valence-corrected chi connectivity index (χ1v) is 8.08. The lowest BCUT2D eigenvalue weighted by Gasteiger charge is -2.30.